The average molecular weight is 252 g/mol. The number of nitrogens with one attached hydrogen (secondary N) is 1. The van der Waals surface area contributed by atoms with E-state index in [9.17, 15) is 0 Å². The summed E-state index contributed by atoms with van der Waals surface area (Å²) in [6, 6.07) is 9.30. The molecule has 3 heteroatoms. The van der Waals surface area contributed by atoms with E-state index in [-0.39, 0.29) is 0 Å². The summed E-state index contributed by atoms with van der Waals surface area (Å²) in [6.07, 6.45) is 2.17. The van der Waals surface area contributed by atoms with E-state index in [0.717, 1.165) is 13.1 Å². The van der Waals surface area contributed by atoms with Crippen molar-refractivity contribution in [3.63, 3.8) is 0 Å². The molecule has 17 heavy (non-hydrogen) atoms. The quantitative estimate of drug-likeness (QED) is 0.803. The highest BCUT2D eigenvalue weighted by Gasteiger charge is 2.10. The molecule has 1 N–H and O–H groups in total. The Morgan fingerprint density at radius 2 is 1.94 bits per heavy atom. The predicted molar refractivity (Wildman–Crippen MR) is 78.5 cm³/mol. The Morgan fingerprint density at radius 1 is 1.29 bits per heavy atom. The second-order valence-electron chi connectivity index (χ2n) is 4.52. The van der Waals surface area contributed by atoms with Gasteiger partial charge in [0.1, 0.15) is 0 Å². The molecular weight excluding hydrogens is 228 g/mol. The topological polar surface area (TPSA) is 15.3 Å². The number of nitrogens with zero attached hydrogens (tertiary/aromatic N) is 1. The zero-order chi connectivity index (χ0) is 12.7. The van der Waals surface area contributed by atoms with Gasteiger partial charge in [0.05, 0.1) is 0 Å². The van der Waals surface area contributed by atoms with Crippen molar-refractivity contribution in [3.8, 4) is 0 Å². The fourth-order valence-electron chi connectivity index (χ4n) is 1.87. The van der Waals surface area contributed by atoms with Crippen molar-refractivity contribution < 1.29 is 0 Å². The molecule has 1 aromatic rings. The zero-order valence-electron chi connectivity index (χ0n) is 11.4. The number of hydrogen-bond acceptors (Lipinski definition) is 3. The molecule has 96 valence electrons. The minimum atomic E-state index is 0.618. The van der Waals surface area contributed by atoms with Gasteiger partial charge in [0, 0.05) is 24.9 Å². The normalized spacial score (nSPS) is 13.0. The van der Waals surface area contributed by atoms with Gasteiger partial charge in [-0.2, -0.15) is 11.8 Å². The fourth-order valence-corrected chi connectivity index (χ4v) is 2.60. The van der Waals surface area contributed by atoms with Crippen molar-refractivity contribution in [2.45, 2.75) is 26.1 Å². The van der Waals surface area contributed by atoms with E-state index in [1.54, 1.807) is 0 Å². The molecule has 0 radical (unpaired) electrons. The van der Waals surface area contributed by atoms with Crippen LogP contribution in [0.25, 0.3) is 0 Å². The van der Waals surface area contributed by atoms with Crippen LogP contribution < -0.4 is 5.32 Å². The first-order valence-corrected chi connectivity index (χ1v) is 7.49. The summed E-state index contributed by atoms with van der Waals surface area (Å²) >= 11 is 1.91. The highest BCUT2D eigenvalue weighted by molar-refractivity contribution is 7.98. The van der Waals surface area contributed by atoms with Crippen LogP contribution in [0.1, 0.15) is 18.1 Å². The molecule has 0 saturated carbocycles. The molecule has 0 aromatic heterocycles. The number of rotatable bonds is 7. The van der Waals surface area contributed by atoms with Gasteiger partial charge in [0.15, 0.2) is 0 Å². The van der Waals surface area contributed by atoms with Gasteiger partial charge in [0.2, 0.25) is 0 Å². The molecule has 0 bridgehead atoms. The Kier molecular flexibility index (Phi) is 6.63. The van der Waals surface area contributed by atoms with E-state index in [0.29, 0.717) is 6.04 Å². The Hall–Kier alpha value is -0.510. The summed E-state index contributed by atoms with van der Waals surface area (Å²) in [4.78, 5) is 2.42. The lowest BCUT2D eigenvalue weighted by molar-refractivity contribution is 0.269. The number of thioether (sulfide) groups is 1. The SMILES string of the molecule is CNCc1ccccc1CN(C)C(C)CSC. The monoisotopic (exact) mass is 252 g/mol. The molecule has 0 spiro atoms. The molecule has 0 fully saturated rings. The predicted octanol–water partition coefficient (Wildman–Crippen LogP) is 2.59. The first-order valence-electron chi connectivity index (χ1n) is 6.09. The Bertz CT molecular complexity index is 328. The molecule has 0 aliphatic heterocycles. The highest BCUT2D eigenvalue weighted by Crippen LogP contribution is 2.13. The highest BCUT2D eigenvalue weighted by atomic mass is 32.2. The largest absolute Gasteiger partial charge is 0.316 e. The first kappa shape index (κ1) is 14.6. The summed E-state index contributed by atoms with van der Waals surface area (Å²) in [6.45, 7) is 4.26. The van der Waals surface area contributed by atoms with Crippen LogP contribution in [0.2, 0.25) is 0 Å². The average Bonchev–Trinajstić information content (AvgIpc) is 2.32. The minimum absolute atomic E-state index is 0.618. The van der Waals surface area contributed by atoms with Crippen molar-refractivity contribution in [1.82, 2.24) is 10.2 Å². The van der Waals surface area contributed by atoms with Crippen LogP contribution in [0.3, 0.4) is 0 Å². The Labute approximate surface area is 110 Å². The molecule has 0 heterocycles. The lowest BCUT2D eigenvalue weighted by Crippen LogP contribution is -2.31. The van der Waals surface area contributed by atoms with E-state index < -0.39 is 0 Å². The number of benzene rings is 1. The molecule has 0 saturated heterocycles. The van der Waals surface area contributed by atoms with Crippen LogP contribution in [0.15, 0.2) is 24.3 Å². The van der Waals surface area contributed by atoms with Crippen LogP contribution in [-0.4, -0.2) is 37.0 Å². The lowest BCUT2D eigenvalue weighted by Gasteiger charge is -2.25. The first-order chi connectivity index (χ1) is 8.19. The Balaban J connectivity index is 2.66. The van der Waals surface area contributed by atoms with Gasteiger partial charge in [-0.05, 0) is 38.4 Å². The second kappa shape index (κ2) is 7.75. The van der Waals surface area contributed by atoms with Crippen LogP contribution in [0, 0.1) is 0 Å². The molecule has 1 aromatic carbocycles. The summed E-state index contributed by atoms with van der Waals surface area (Å²) in [5, 5.41) is 3.23. The van der Waals surface area contributed by atoms with Crippen LogP contribution in [-0.2, 0) is 13.1 Å². The smallest absolute Gasteiger partial charge is 0.0237 e. The molecule has 0 aliphatic rings. The summed E-state index contributed by atoms with van der Waals surface area (Å²) in [5.74, 6) is 1.19. The van der Waals surface area contributed by atoms with Crippen LogP contribution >= 0.6 is 11.8 Å². The third-order valence-electron chi connectivity index (χ3n) is 3.07. The molecule has 1 unspecified atom stereocenters. The molecular formula is C14H24N2S. The van der Waals surface area contributed by atoms with E-state index >= 15 is 0 Å². The lowest BCUT2D eigenvalue weighted by atomic mass is 10.1. The van der Waals surface area contributed by atoms with E-state index in [1.165, 1.54) is 16.9 Å². The minimum Gasteiger partial charge on any atom is -0.316 e. The van der Waals surface area contributed by atoms with Gasteiger partial charge in [-0.1, -0.05) is 24.3 Å². The fraction of sp³-hybridized carbons (Fsp3) is 0.571. The van der Waals surface area contributed by atoms with Crippen LogP contribution in [0.4, 0.5) is 0 Å². The summed E-state index contributed by atoms with van der Waals surface area (Å²) in [5.41, 5.74) is 2.83. The van der Waals surface area contributed by atoms with Crippen molar-refractivity contribution >= 4 is 11.8 Å². The summed E-state index contributed by atoms with van der Waals surface area (Å²) < 4.78 is 0. The van der Waals surface area contributed by atoms with Gasteiger partial charge in [-0.25, -0.2) is 0 Å². The standard InChI is InChI=1S/C14H24N2S/c1-12(11-17-4)16(3)10-14-8-6-5-7-13(14)9-15-2/h5-8,12,15H,9-11H2,1-4H3. The number of hydrogen-bond donors (Lipinski definition) is 1. The van der Waals surface area contributed by atoms with Gasteiger partial charge < -0.3 is 5.32 Å². The molecule has 2 nitrogen and oxygen atoms in total. The molecule has 0 amide bonds. The van der Waals surface area contributed by atoms with Gasteiger partial charge in [0.25, 0.3) is 0 Å². The maximum atomic E-state index is 3.23. The third kappa shape index (κ3) is 4.70. The third-order valence-corrected chi connectivity index (χ3v) is 3.88. The zero-order valence-corrected chi connectivity index (χ0v) is 12.2. The molecule has 1 rings (SSSR count). The van der Waals surface area contributed by atoms with Gasteiger partial charge in [-0.3, -0.25) is 4.90 Å². The van der Waals surface area contributed by atoms with Crippen molar-refractivity contribution in [2.75, 3.05) is 26.1 Å². The molecule has 1 atom stereocenters. The second-order valence-corrected chi connectivity index (χ2v) is 5.43. The van der Waals surface area contributed by atoms with E-state index in [1.807, 2.05) is 18.8 Å². The van der Waals surface area contributed by atoms with E-state index in [4.69, 9.17) is 0 Å². The van der Waals surface area contributed by atoms with Crippen molar-refractivity contribution in [3.05, 3.63) is 35.4 Å². The maximum absolute atomic E-state index is 3.23. The maximum Gasteiger partial charge on any atom is 0.0237 e. The van der Waals surface area contributed by atoms with Crippen molar-refractivity contribution in [1.29, 1.82) is 0 Å². The van der Waals surface area contributed by atoms with Crippen molar-refractivity contribution in [2.24, 2.45) is 0 Å². The summed E-state index contributed by atoms with van der Waals surface area (Å²) in [7, 11) is 4.20. The van der Waals surface area contributed by atoms with Crippen LogP contribution in [0.5, 0.6) is 0 Å². The van der Waals surface area contributed by atoms with E-state index in [2.05, 4.69) is 54.7 Å². The van der Waals surface area contributed by atoms with Gasteiger partial charge in [-0.15, -0.1) is 0 Å². The molecule has 0 aliphatic carbocycles. The Morgan fingerprint density at radius 3 is 2.53 bits per heavy atom. The van der Waals surface area contributed by atoms with Gasteiger partial charge >= 0.3 is 0 Å².